The molecule has 2 rings (SSSR count). The van der Waals surface area contributed by atoms with Gasteiger partial charge in [0.05, 0.1) is 0 Å². The molecule has 17 heavy (non-hydrogen) atoms. The van der Waals surface area contributed by atoms with Crippen molar-refractivity contribution in [2.45, 2.75) is 6.73 Å². The van der Waals surface area contributed by atoms with Gasteiger partial charge in [-0.3, -0.25) is 4.57 Å². The highest BCUT2D eigenvalue weighted by molar-refractivity contribution is 9.10. The fourth-order valence-corrected chi connectivity index (χ4v) is 1.58. The normalized spacial score (nSPS) is 10.2. The summed E-state index contributed by atoms with van der Waals surface area (Å²) in [5.41, 5.74) is -0.367. The largest absolute Gasteiger partial charge is 0.473 e. The lowest BCUT2D eigenvalue weighted by atomic mass is 10.3. The van der Waals surface area contributed by atoms with Crippen molar-refractivity contribution in [3.8, 4) is 5.75 Å². The number of hydrogen-bond acceptors (Lipinski definition) is 3. The van der Waals surface area contributed by atoms with E-state index in [1.54, 1.807) is 36.5 Å². The fraction of sp³-hybridized carbons (Fsp3) is 0.0909. The Kier molecular flexibility index (Phi) is 3.81. The van der Waals surface area contributed by atoms with Crippen LogP contribution >= 0.6 is 27.5 Å². The van der Waals surface area contributed by atoms with E-state index in [-0.39, 0.29) is 12.4 Å². The molecule has 0 N–H and O–H groups in total. The lowest BCUT2D eigenvalue weighted by molar-refractivity contribution is 0.230. The van der Waals surface area contributed by atoms with Gasteiger partial charge in [0.25, 0.3) is 0 Å². The molecule has 0 saturated carbocycles. The van der Waals surface area contributed by atoms with Gasteiger partial charge in [0, 0.05) is 11.2 Å². The van der Waals surface area contributed by atoms with Gasteiger partial charge in [0.2, 0.25) is 0 Å². The summed E-state index contributed by atoms with van der Waals surface area (Å²) in [6, 6.07) is 8.59. The van der Waals surface area contributed by atoms with Crippen LogP contribution < -0.4 is 10.4 Å². The van der Waals surface area contributed by atoms with Crippen LogP contribution in [0.4, 0.5) is 0 Å². The number of aromatic nitrogens is 2. The Morgan fingerprint density at radius 1 is 1.29 bits per heavy atom. The van der Waals surface area contributed by atoms with Crippen molar-refractivity contribution >= 4 is 27.5 Å². The minimum absolute atomic E-state index is 0.112. The summed E-state index contributed by atoms with van der Waals surface area (Å²) >= 11 is 8.87. The molecule has 0 saturated heterocycles. The van der Waals surface area contributed by atoms with Crippen LogP contribution in [0, 0.1) is 0 Å². The first-order chi connectivity index (χ1) is 8.15. The number of hydrogen-bond donors (Lipinski definition) is 0. The third-order valence-electron chi connectivity index (χ3n) is 2.02. The topological polar surface area (TPSA) is 44.1 Å². The van der Waals surface area contributed by atoms with Crippen molar-refractivity contribution < 1.29 is 4.74 Å². The van der Waals surface area contributed by atoms with Crippen LogP contribution in [0.25, 0.3) is 0 Å². The van der Waals surface area contributed by atoms with Gasteiger partial charge in [-0.2, -0.15) is 4.98 Å². The van der Waals surface area contributed by atoms with E-state index in [9.17, 15) is 4.79 Å². The van der Waals surface area contributed by atoms with E-state index in [0.29, 0.717) is 15.4 Å². The second-order valence-corrected chi connectivity index (χ2v) is 4.48. The Hall–Kier alpha value is -1.33. The number of halogens is 2. The zero-order valence-electron chi connectivity index (χ0n) is 8.64. The van der Waals surface area contributed by atoms with E-state index >= 15 is 0 Å². The molecule has 0 aliphatic heterocycles. The average molecular weight is 316 g/mol. The zero-order chi connectivity index (χ0) is 12.3. The third kappa shape index (κ3) is 3.31. The van der Waals surface area contributed by atoms with Crippen molar-refractivity contribution in [1.82, 2.24) is 9.55 Å². The van der Waals surface area contributed by atoms with Gasteiger partial charge in [0.1, 0.15) is 10.4 Å². The maximum absolute atomic E-state index is 11.4. The van der Waals surface area contributed by atoms with Gasteiger partial charge < -0.3 is 4.74 Å². The summed E-state index contributed by atoms with van der Waals surface area (Å²) in [5.74, 6) is 0.643. The fourth-order valence-electron chi connectivity index (χ4n) is 1.18. The number of benzene rings is 1. The first kappa shape index (κ1) is 12.1. The quantitative estimate of drug-likeness (QED) is 0.818. The Bertz CT molecular complexity index is 568. The number of rotatable bonds is 3. The summed E-state index contributed by atoms with van der Waals surface area (Å²) < 4.78 is 7.28. The summed E-state index contributed by atoms with van der Waals surface area (Å²) in [4.78, 5) is 15.2. The molecule has 0 radical (unpaired) electrons. The molecule has 88 valence electrons. The number of nitrogens with zero attached hydrogens (tertiary/aromatic N) is 2. The van der Waals surface area contributed by atoms with Gasteiger partial charge in [-0.1, -0.05) is 11.6 Å². The molecule has 1 heterocycles. The maximum Gasteiger partial charge on any atom is 0.351 e. The molecule has 2 aromatic rings. The van der Waals surface area contributed by atoms with E-state index < -0.39 is 0 Å². The van der Waals surface area contributed by atoms with E-state index in [1.807, 2.05) is 0 Å². The van der Waals surface area contributed by atoms with Crippen LogP contribution in [-0.2, 0) is 6.73 Å². The van der Waals surface area contributed by atoms with Gasteiger partial charge in [0.15, 0.2) is 6.73 Å². The molecule has 0 bridgehead atoms. The maximum atomic E-state index is 11.4. The molecule has 4 nitrogen and oxygen atoms in total. The lowest BCUT2D eigenvalue weighted by Crippen LogP contribution is -2.24. The Balaban J connectivity index is 2.07. The minimum atomic E-state index is -0.367. The van der Waals surface area contributed by atoms with Gasteiger partial charge in [-0.25, -0.2) is 4.79 Å². The SMILES string of the molecule is O=c1nc(Br)ccn1COc1ccc(Cl)cc1. The van der Waals surface area contributed by atoms with Crippen molar-refractivity contribution in [2.75, 3.05) is 0 Å². The van der Waals surface area contributed by atoms with Crippen LogP contribution in [-0.4, -0.2) is 9.55 Å². The standard InChI is InChI=1S/C11H8BrClN2O2/c12-10-5-6-15(11(16)14-10)7-17-9-3-1-8(13)2-4-9/h1-6H,7H2. The van der Waals surface area contributed by atoms with Crippen LogP contribution in [0.15, 0.2) is 45.9 Å². The molecule has 0 spiro atoms. The molecular weight excluding hydrogens is 307 g/mol. The highest BCUT2D eigenvalue weighted by Crippen LogP contribution is 2.15. The first-order valence-corrected chi connectivity index (χ1v) is 5.93. The monoisotopic (exact) mass is 314 g/mol. The van der Waals surface area contributed by atoms with Crippen LogP contribution in [0.1, 0.15) is 0 Å². The molecule has 0 aliphatic rings. The molecule has 0 amide bonds. The predicted octanol–water partition coefficient (Wildman–Crippen LogP) is 2.70. The zero-order valence-corrected chi connectivity index (χ0v) is 11.0. The van der Waals surface area contributed by atoms with E-state index in [4.69, 9.17) is 16.3 Å². The summed E-state index contributed by atoms with van der Waals surface area (Å²) in [5, 5.41) is 0.639. The van der Waals surface area contributed by atoms with Crippen molar-refractivity contribution in [3.63, 3.8) is 0 Å². The number of ether oxygens (including phenoxy) is 1. The molecule has 0 unspecified atom stereocenters. The van der Waals surface area contributed by atoms with E-state index in [1.165, 1.54) is 4.57 Å². The van der Waals surface area contributed by atoms with Crippen molar-refractivity contribution in [3.05, 3.63) is 56.6 Å². The van der Waals surface area contributed by atoms with Gasteiger partial charge in [-0.15, -0.1) is 0 Å². The third-order valence-corrected chi connectivity index (χ3v) is 2.72. The molecule has 0 atom stereocenters. The van der Waals surface area contributed by atoms with Crippen LogP contribution in [0.2, 0.25) is 5.02 Å². The van der Waals surface area contributed by atoms with Gasteiger partial charge in [-0.05, 0) is 46.3 Å². The molecule has 1 aromatic carbocycles. The Morgan fingerprint density at radius 3 is 2.65 bits per heavy atom. The summed E-state index contributed by atoms with van der Waals surface area (Å²) in [7, 11) is 0. The van der Waals surface area contributed by atoms with Crippen LogP contribution in [0.3, 0.4) is 0 Å². The Labute approximate surface area is 111 Å². The smallest absolute Gasteiger partial charge is 0.351 e. The van der Waals surface area contributed by atoms with Crippen molar-refractivity contribution in [2.24, 2.45) is 0 Å². The second-order valence-electron chi connectivity index (χ2n) is 3.23. The predicted molar refractivity (Wildman–Crippen MR) is 68.3 cm³/mol. The molecule has 6 heteroatoms. The highest BCUT2D eigenvalue weighted by atomic mass is 79.9. The van der Waals surface area contributed by atoms with E-state index in [2.05, 4.69) is 20.9 Å². The average Bonchev–Trinajstić information content (AvgIpc) is 2.30. The van der Waals surface area contributed by atoms with Gasteiger partial charge >= 0.3 is 5.69 Å². The molecule has 1 aromatic heterocycles. The van der Waals surface area contributed by atoms with E-state index in [0.717, 1.165) is 0 Å². The van der Waals surface area contributed by atoms with Crippen LogP contribution in [0.5, 0.6) is 5.75 Å². The molecule has 0 fully saturated rings. The van der Waals surface area contributed by atoms with Crippen molar-refractivity contribution in [1.29, 1.82) is 0 Å². The highest BCUT2D eigenvalue weighted by Gasteiger charge is 1.99. The lowest BCUT2D eigenvalue weighted by Gasteiger charge is -2.07. The molecular formula is C11H8BrClN2O2. The summed E-state index contributed by atoms with van der Waals surface area (Å²) in [6.07, 6.45) is 1.61. The Morgan fingerprint density at radius 2 is 2.00 bits per heavy atom. The molecule has 0 aliphatic carbocycles. The summed E-state index contributed by atoms with van der Waals surface area (Å²) in [6.45, 7) is 0.112. The second kappa shape index (κ2) is 5.33. The first-order valence-electron chi connectivity index (χ1n) is 4.76. The minimum Gasteiger partial charge on any atom is -0.473 e.